The molecule has 11 heteroatoms. The lowest BCUT2D eigenvalue weighted by molar-refractivity contribution is -0.160. The number of hydrogen-bond donors (Lipinski definition) is 1. The van der Waals surface area contributed by atoms with Crippen molar-refractivity contribution in [2.24, 2.45) is 11.3 Å². The predicted octanol–water partition coefficient (Wildman–Crippen LogP) is 7.58. The fourth-order valence-electron chi connectivity index (χ4n) is 6.21. The smallest absolute Gasteiger partial charge is 0.304 e. The van der Waals surface area contributed by atoms with Crippen molar-refractivity contribution in [3.05, 3.63) is 98.7 Å². The number of benzene rings is 3. The highest BCUT2D eigenvalue weighted by atomic mass is 35.5. The Balaban J connectivity index is 1.69. The summed E-state index contributed by atoms with van der Waals surface area (Å²) in [6.45, 7) is 1.63. The van der Waals surface area contributed by atoms with Crippen LogP contribution in [0.2, 0.25) is 15.1 Å². The molecule has 6 nitrogen and oxygen atoms in total. The second kappa shape index (κ2) is 11.8. The van der Waals surface area contributed by atoms with Crippen molar-refractivity contribution in [1.29, 1.82) is 0 Å². The average molecular weight is 653 g/mol. The number of piperidine rings is 1. The minimum atomic E-state index is -4.10. The van der Waals surface area contributed by atoms with Gasteiger partial charge in [-0.05, 0) is 78.8 Å². The van der Waals surface area contributed by atoms with Gasteiger partial charge in [0.2, 0.25) is 5.91 Å². The molecule has 3 aromatic carbocycles. The van der Waals surface area contributed by atoms with Crippen LogP contribution in [0.3, 0.4) is 0 Å². The van der Waals surface area contributed by atoms with Gasteiger partial charge in [-0.1, -0.05) is 66.0 Å². The molecule has 1 aliphatic heterocycles. The summed E-state index contributed by atoms with van der Waals surface area (Å²) >= 11 is 18.8. The fraction of sp³-hybridized carbons (Fsp3) is 0.355. The van der Waals surface area contributed by atoms with Crippen molar-refractivity contribution >= 4 is 56.5 Å². The molecule has 0 bridgehead atoms. The molecule has 1 aliphatic carbocycles. The third-order valence-electron chi connectivity index (χ3n) is 8.27. The quantitative estimate of drug-likeness (QED) is 0.241. The molecule has 0 radical (unpaired) electrons. The molecule has 1 heterocycles. The number of carboxylic acid groups (broad SMARTS) is 1. The Bertz CT molecular complexity index is 1630. The lowest BCUT2D eigenvalue weighted by atomic mass is 9.67. The number of rotatable bonds is 9. The number of amides is 1. The Morgan fingerprint density at radius 2 is 1.71 bits per heavy atom. The van der Waals surface area contributed by atoms with E-state index in [1.54, 1.807) is 54.3 Å². The van der Waals surface area contributed by atoms with Gasteiger partial charge < -0.3 is 10.0 Å². The van der Waals surface area contributed by atoms with Crippen molar-refractivity contribution in [2.45, 2.75) is 55.5 Å². The van der Waals surface area contributed by atoms with Gasteiger partial charge in [0.15, 0.2) is 9.84 Å². The number of sulfone groups is 1. The summed E-state index contributed by atoms with van der Waals surface area (Å²) in [7, 11) is -4.10. The molecular formula is C31H29Cl3FNO5S. The number of nitrogens with zero attached hydrogens (tertiary/aromatic N) is 1. The summed E-state index contributed by atoms with van der Waals surface area (Å²) in [4.78, 5) is 28.0. The van der Waals surface area contributed by atoms with Crippen LogP contribution in [0, 0.1) is 17.2 Å². The van der Waals surface area contributed by atoms with Crippen molar-refractivity contribution in [2.75, 3.05) is 5.75 Å². The minimum absolute atomic E-state index is 0.134. The summed E-state index contributed by atoms with van der Waals surface area (Å²) in [5.74, 6) is -3.23. The molecule has 5 rings (SSSR count). The predicted molar refractivity (Wildman–Crippen MR) is 160 cm³/mol. The van der Waals surface area contributed by atoms with E-state index in [4.69, 9.17) is 34.8 Å². The molecule has 1 unspecified atom stereocenters. The number of halogens is 4. The van der Waals surface area contributed by atoms with Crippen molar-refractivity contribution in [3.8, 4) is 0 Å². The number of aliphatic carboxylic acids is 1. The Hall–Kier alpha value is -2.65. The third kappa shape index (κ3) is 6.32. The number of carbonyl (C=O) groups excluding carboxylic acids is 1. The van der Waals surface area contributed by atoms with Gasteiger partial charge in [-0.2, -0.15) is 0 Å². The minimum Gasteiger partial charge on any atom is -0.481 e. The number of hydrogen-bond acceptors (Lipinski definition) is 4. The van der Waals surface area contributed by atoms with Crippen LogP contribution in [0.15, 0.2) is 71.6 Å². The summed E-state index contributed by atoms with van der Waals surface area (Å²) in [5.41, 5.74) is 0.208. The third-order valence-corrected chi connectivity index (χ3v) is 11.0. The first kappa shape index (κ1) is 30.8. The van der Waals surface area contributed by atoms with Crippen LogP contribution in [0.5, 0.6) is 0 Å². The summed E-state index contributed by atoms with van der Waals surface area (Å²) in [6.07, 6.45) is 1.18. The normalized spacial score (nSPS) is 23.5. The first-order chi connectivity index (χ1) is 19.8. The van der Waals surface area contributed by atoms with E-state index in [2.05, 4.69) is 0 Å². The molecule has 2 fully saturated rings. The molecule has 0 aromatic heterocycles. The van der Waals surface area contributed by atoms with E-state index in [0.717, 1.165) is 29.3 Å². The monoisotopic (exact) mass is 651 g/mol. The molecular weight excluding hydrogens is 624 g/mol. The van der Waals surface area contributed by atoms with Gasteiger partial charge >= 0.3 is 5.97 Å². The van der Waals surface area contributed by atoms with Crippen LogP contribution < -0.4 is 0 Å². The highest BCUT2D eigenvalue weighted by molar-refractivity contribution is 7.91. The summed E-state index contributed by atoms with van der Waals surface area (Å²) in [6, 6.07) is 15.9. The SMILES string of the molecule is C[C@]1(CC(=O)O)CC(c2cccc(Cl)c2)[C@@H](c2ccc(Cl)cc2)N([C@H](CS(=O)(=O)c2ccc(F)cc2Cl)C2CC2)C1=O. The van der Waals surface area contributed by atoms with Crippen LogP contribution >= 0.6 is 34.8 Å². The van der Waals surface area contributed by atoms with E-state index in [0.29, 0.717) is 22.9 Å². The molecule has 1 N–H and O–H groups in total. The molecule has 222 valence electrons. The van der Waals surface area contributed by atoms with Crippen molar-refractivity contribution in [1.82, 2.24) is 4.90 Å². The van der Waals surface area contributed by atoms with Gasteiger partial charge in [-0.15, -0.1) is 0 Å². The van der Waals surface area contributed by atoms with Crippen molar-refractivity contribution in [3.63, 3.8) is 0 Å². The number of carboxylic acids is 1. The lowest BCUT2D eigenvalue weighted by Crippen LogP contribution is -2.58. The maximum atomic E-state index is 14.5. The number of likely N-dealkylation sites (tertiary alicyclic amines) is 1. The second-order valence-corrected chi connectivity index (χ2v) is 14.7. The van der Waals surface area contributed by atoms with Crippen LogP contribution in [0.25, 0.3) is 0 Å². The Labute approximate surface area is 259 Å². The largest absolute Gasteiger partial charge is 0.481 e. The molecule has 0 spiro atoms. The topological polar surface area (TPSA) is 91.8 Å². The van der Waals surface area contributed by atoms with Gasteiger partial charge in [0.1, 0.15) is 5.82 Å². The molecule has 2 aliphatic rings. The van der Waals surface area contributed by atoms with Crippen LogP contribution in [-0.2, 0) is 19.4 Å². The van der Waals surface area contributed by atoms with E-state index < -0.39 is 63.1 Å². The van der Waals surface area contributed by atoms with Crippen LogP contribution in [-0.4, -0.2) is 42.1 Å². The molecule has 1 saturated heterocycles. The zero-order valence-electron chi connectivity index (χ0n) is 22.6. The van der Waals surface area contributed by atoms with E-state index in [-0.39, 0.29) is 22.3 Å². The first-order valence-corrected chi connectivity index (χ1v) is 16.3. The molecule has 3 aromatic rings. The number of carbonyl (C=O) groups is 2. The molecule has 1 saturated carbocycles. The molecule has 1 amide bonds. The maximum Gasteiger partial charge on any atom is 0.304 e. The van der Waals surface area contributed by atoms with E-state index >= 15 is 0 Å². The van der Waals surface area contributed by atoms with Crippen LogP contribution in [0.4, 0.5) is 4.39 Å². The highest BCUT2D eigenvalue weighted by Crippen LogP contribution is 2.54. The van der Waals surface area contributed by atoms with Gasteiger partial charge in [0, 0.05) is 22.0 Å². The van der Waals surface area contributed by atoms with Gasteiger partial charge in [-0.25, -0.2) is 12.8 Å². The lowest BCUT2D eigenvalue weighted by Gasteiger charge is -2.52. The highest BCUT2D eigenvalue weighted by Gasteiger charge is 2.55. The van der Waals surface area contributed by atoms with E-state index in [1.165, 1.54) is 0 Å². The Kier molecular flexibility index (Phi) is 8.65. The second-order valence-electron chi connectivity index (χ2n) is 11.5. The zero-order valence-corrected chi connectivity index (χ0v) is 25.7. The Morgan fingerprint density at radius 3 is 2.31 bits per heavy atom. The molecule has 4 atom stereocenters. The summed E-state index contributed by atoms with van der Waals surface area (Å²) < 4.78 is 41.4. The molecule has 42 heavy (non-hydrogen) atoms. The first-order valence-electron chi connectivity index (χ1n) is 13.5. The van der Waals surface area contributed by atoms with Crippen LogP contribution in [0.1, 0.15) is 55.7 Å². The van der Waals surface area contributed by atoms with Gasteiger partial charge in [0.05, 0.1) is 33.5 Å². The maximum absolute atomic E-state index is 14.5. The average Bonchev–Trinajstić information content (AvgIpc) is 3.74. The van der Waals surface area contributed by atoms with E-state index in [9.17, 15) is 27.5 Å². The van der Waals surface area contributed by atoms with Gasteiger partial charge in [-0.3, -0.25) is 9.59 Å². The van der Waals surface area contributed by atoms with Gasteiger partial charge in [0.25, 0.3) is 0 Å². The zero-order chi connectivity index (χ0) is 30.4. The summed E-state index contributed by atoms with van der Waals surface area (Å²) in [5, 5.41) is 10.6. The van der Waals surface area contributed by atoms with E-state index in [1.807, 2.05) is 6.07 Å². The van der Waals surface area contributed by atoms with Crippen molar-refractivity contribution < 1.29 is 27.5 Å². The Morgan fingerprint density at radius 1 is 1.02 bits per heavy atom. The fourth-order valence-corrected chi connectivity index (χ4v) is 8.75. The standard InChI is InChI=1S/C31H29Cl3FNO5S/c1-31(16-28(37)38)15-24(20-3-2-4-22(33)13-20)29(19-7-9-21(32)10-8-19)36(30(31)39)26(18-5-6-18)17-42(40,41)27-12-11-23(35)14-25(27)34/h2-4,7-14,18,24,26,29H,5-6,15-17H2,1H3,(H,37,38)/t24?,26-,29-,31-/m1/s1.